The van der Waals surface area contributed by atoms with Gasteiger partial charge in [-0.2, -0.15) is 0 Å². The van der Waals surface area contributed by atoms with E-state index in [1.807, 2.05) is 6.92 Å². The van der Waals surface area contributed by atoms with Crippen LogP contribution in [-0.4, -0.2) is 48.3 Å². The van der Waals surface area contributed by atoms with Crippen molar-refractivity contribution in [3.05, 3.63) is 28.5 Å². The van der Waals surface area contributed by atoms with Crippen molar-refractivity contribution in [2.45, 2.75) is 32.7 Å². The molecule has 0 saturated carbocycles. The number of hydrogen-bond donors (Lipinski definition) is 0. The molecule has 1 amide bonds. The first-order valence-corrected chi connectivity index (χ1v) is 9.20. The lowest BCUT2D eigenvalue weighted by Gasteiger charge is -2.33. The van der Waals surface area contributed by atoms with Gasteiger partial charge in [0.2, 0.25) is 0 Å². The summed E-state index contributed by atoms with van der Waals surface area (Å²) < 4.78 is 23.2. The number of nitrogens with zero attached hydrogens (tertiary/aromatic N) is 2. The average molecular weight is 331 g/mol. The Hall–Kier alpha value is -1.14. The fraction of sp³-hybridized carbons (Fsp3) is 0.571. The number of halogens is 1. The zero-order valence-electron chi connectivity index (χ0n) is 12.2. The summed E-state index contributed by atoms with van der Waals surface area (Å²) in [6, 6.07) is 2.96. The van der Waals surface area contributed by atoms with Crippen LogP contribution in [0.5, 0.6) is 0 Å². The van der Waals surface area contributed by atoms with Crippen LogP contribution in [-0.2, 0) is 16.3 Å². The Morgan fingerprint density at radius 1 is 1.48 bits per heavy atom. The van der Waals surface area contributed by atoms with E-state index in [9.17, 15) is 13.2 Å². The molecule has 2 heterocycles. The molecule has 7 heteroatoms. The van der Waals surface area contributed by atoms with E-state index in [1.54, 1.807) is 24.0 Å². The first kappa shape index (κ1) is 16.2. The highest BCUT2D eigenvalue weighted by molar-refractivity contribution is 7.91. The Bertz CT molecular complexity index is 646. The van der Waals surface area contributed by atoms with Crippen LogP contribution in [0.25, 0.3) is 0 Å². The third kappa shape index (κ3) is 3.95. The highest BCUT2D eigenvalue weighted by Gasteiger charge is 2.31. The molecule has 0 spiro atoms. The summed E-state index contributed by atoms with van der Waals surface area (Å²) in [5.74, 6) is -0.151. The van der Waals surface area contributed by atoms with Crippen LogP contribution in [0.1, 0.15) is 36.3 Å². The van der Waals surface area contributed by atoms with Crippen molar-refractivity contribution in [1.82, 2.24) is 9.88 Å². The van der Waals surface area contributed by atoms with Crippen LogP contribution in [0.15, 0.2) is 12.1 Å². The molecular weight excluding hydrogens is 312 g/mol. The molecule has 21 heavy (non-hydrogen) atoms. The van der Waals surface area contributed by atoms with E-state index >= 15 is 0 Å². The van der Waals surface area contributed by atoms with Crippen LogP contribution >= 0.6 is 11.6 Å². The number of carbonyl (C=O) groups is 1. The van der Waals surface area contributed by atoms with E-state index < -0.39 is 9.84 Å². The molecule has 1 saturated heterocycles. The van der Waals surface area contributed by atoms with E-state index in [-0.39, 0.29) is 30.0 Å². The molecule has 1 aromatic rings. The maximum Gasteiger partial charge on any atom is 0.254 e. The molecule has 5 nitrogen and oxygen atoms in total. The van der Waals surface area contributed by atoms with Gasteiger partial charge in [-0.05, 0) is 25.5 Å². The number of aryl methyl sites for hydroxylation is 1. The Balaban J connectivity index is 2.24. The fourth-order valence-corrected chi connectivity index (χ4v) is 4.31. The second-order valence-corrected chi connectivity index (χ2v) is 8.00. The van der Waals surface area contributed by atoms with Gasteiger partial charge in [-0.3, -0.25) is 4.79 Å². The largest absolute Gasteiger partial charge is 0.334 e. The number of aromatic nitrogens is 1. The number of amides is 1. The van der Waals surface area contributed by atoms with Crippen molar-refractivity contribution in [2.24, 2.45) is 0 Å². The van der Waals surface area contributed by atoms with Gasteiger partial charge in [0.25, 0.3) is 5.91 Å². The smallest absolute Gasteiger partial charge is 0.254 e. The molecule has 1 aliphatic rings. The average Bonchev–Trinajstić information content (AvgIpc) is 2.36. The number of rotatable bonds is 3. The molecule has 0 radical (unpaired) electrons. The van der Waals surface area contributed by atoms with Crippen LogP contribution < -0.4 is 0 Å². The summed E-state index contributed by atoms with van der Waals surface area (Å²) in [4.78, 5) is 18.4. The van der Waals surface area contributed by atoms with Crippen LogP contribution in [0.4, 0.5) is 0 Å². The van der Waals surface area contributed by atoms with Gasteiger partial charge in [-0.15, -0.1) is 0 Å². The molecule has 116 valence electrons. The van der Waals surface area contributed by atoms with E-state index in [0.717, 1.165) is 18.5 Å². The molecule has 0 N–H and O–H groups in total. The van der Waals surface area contributed by atoms with Gasteiger partial charge < -0.3 is 4.90 Å². The predicted octanol–water partition coefficient (Wildman–Crippen LogP) is 1.95. The zero-order chi connectivity index (χ0) is 15.6. The third-order valence-electron chi connectivity index (χ3n) is 3.53. The van der Waals surface area contributed by atoms with Crippen LogP contribution in [0.3, 0.4) is 0 Å². The lowest BCUT2D eigenvalue weighted by molar-refractivity contribution is 0.0712. The maximum absolute atomic E-state index is 12.6. The molecular formula is C14H19ClN2O3S. The summed E-state index contributed by atoms with van der Waals surface area (Å²) in [6.45, 7) is 4.01. The molecule has 0 aliphatic carbocycles. The summed E-state index contributed by atoms with van der Waals surface area (Å²) in [7, 11) is -3.04. The van der Waals surface area contributed by atoms with Crippen molar-refractivity contribution in [1.29, 1.82) is 0 Å². The first-order valence-electron chi connectivity index (χ1n) is 7.00. The maximum atomic E-state index is 12.6. The second-order valence-electron chi connectivity index (χ2n) is 5.38. The number of pyridine rings is 1. The second kappa shape index (κ2) is 6.32. The molecule has 1 fully saturated rings. The zero-order valence-corrected chi connectivity index (χ0v) is 13.7. The monoisotopic (exact) mass is 330 g/mol. The molecule has 0 aromatic carbocycles. The number of carbonyl (C=O) groups excluding carboxylic acids is 1. The summed E-state index contributed by atoms with van der Waals surface area (Å²) in [6.07, 6.45) is 1.67. The van der Waals surface area contributed by atoms with Gasteiger partial charge in [-0.25, -0.2) is 13.4 Å². The van der Waals surface area contributed by atoms with Crippen molar-refractivity contribution < 1.29 is 13.2 Å². The topological polar surface area (TPSA) is 67.3 Å². The molecule has 1 aliphatic heterocycles. The number of hydrogen-bond acceptors (Lipinski definition) is 4. The van der Waals surface area contributed by atoms with Crippen molar-refractivity contribution in [3.8, 4) is 0 Å². The highest BCUT2D eigenvalue weighted by atomic mass is 35.5. The summed E-state index contributed by atoms with van der Waals surface area (Å²) >= 11 is 5.97. The lowest BCUT2D eigenvalue weighted by atomic mass is 10.1. The van der Waals surface area contributed by atoms with Gasteiger partial charge in [0, 0.05) is 23.8 Å². The third-order valence-corrected chi connectivity index (χ3v) is 5.52. The minimum Gasteiger partial charge on any atom is -0.334 e. The molecule has 1 unspecified atom stereocenters. The normalized spacial score (nSPS) is 21.3. The summed E-state index contributed by atoms with van der Waals surface area (Å²) in [5.41, 5.74) is 1.26. The SMILES string of the molecule is CCCc1cc(C(=O)N2CCS(=O)(=O)CC2C)cc(Cl)n1. The predicted molar refractivity (Wildman–Crippen MR) is 82.4 cm³/mol. The van der Waals surface area contributed by atoms with Crippen molar-refractivity contribution in [2.75, 3.05) is 18.1 Å². The van der Waals surface area contributed by atoms with Gasteiger partial charge in [-0.1, -0.05) is 24.9 Å². The Morgan fingerprint density at radius 2 is 2.19 bits per heavy atom. The van der Waals surface area contributed by atoms with E-state index in [2.05, 4.69) is 4.98 Å². The summed E-state index contributed by atoms with van der Waals surface area (Å²) in [5, 5.41) is 0.293. The molecule has 0 bridgehead atoms. The lowest BCUT2D eigenvalue weighted by Crippen LogP contribution is -2.49. The van der Waals surface area contributed by atoms with Crippen molar-refractivity contribution >= 4 is 27.3 Å². The van der Waals surface area contributed by atoms with E-state index in [0.29, 0.717) is 10.7 Å². The Labute approximate surface area is 130 Å². The van der Waals surface area contributed by atoms with Gasteiger partial charge in [0.1, 0.15) is 5.15 Å². The van der Waals surface area contributed by atoms with Gasteiger partial charge >= 0.3 is 0 Å². The highest BCUT2D eigenvalue weighted by Crippen LogP contribution is 2.18. The minimum atomic E-state index is -3.04. The Kier molecular flexibility index (Phi) is 4.88. The quantitative estimate of drug-likeness (QED) is 0.794. The van der Waals surface area contributed by atoms with Crippen LogP contribution in [0, 0.1) is 0 Å². The Morgan fingerprint density at radius 3 is 2.81 bits per heavy atom. The molecule has 2 rings (SSSR count). The minimum absolute atomic E-state index is 0.0133. The van der Waals surface area contributed by atoms with Crippen LogP contribution in [0.2, 0.25) is 5.15 Å². The van der Waals surface area contributed by atoms with Crippen molar-refractivity contribution in [3.63, 3.8) is 0 Å². The van der Waals surface area contributed by atoms with Gasteiger partial charge in [0.05, 0.1) is 11.5 Å². The van der Waals surface area contributed by atoms with E-state index in [4.69, 9.17) is 11.6 Å². The molecule has 1 aromatic heterocycles. The van der Waals surface area contributed by atoms with Gasteiger partial charge in [0.15, 0.2) is 9.84 Å². The molecule has 1 atom stereocenters. The fourth-order valence-electron chi connectivity index (χ4n) is 2.53. The number of sulfone groups is 1. The first-order chi connectivity index (χ1) is 9.82. The standard InChI is InChI=1S/C14H19ClN2O3S/c1-3-4-12-7-11(8-13(15)16-12)14(18)17-5-6-21(19,20)9-10(17)2/h7-8,10H,3-6,9H2,1-2H3. The van der Waals surface area contributed by atoms with E-state index in [1.165, 1.54) is 0 Å².